The zero-order chi connectivity index (χ0) is 25.3. The van der Waals surface area contributed by atoms with E-state index in [4.69, 9.17) is 9.47 Å². The van der Waals surface area contributed by atoms with Gasteiger partial charge in [0.05, 0.1) is 12.6 Å². The number of carbonyl (C=O) groups excluding carboxylic acids is 1. The van der Waals surface area contributed by atoms with E-state index in [1.807, 2.05) is 71.3 Å². The van der Waals surface area contributed by atoms with Crippen molar-refractivity contribution in [3.05, 3.63) is 82.0 Å². The fourth-order valence-corrected chi connectivity index (χ4v) is 5.58. The molecular weight excluding hydrogens is 472 g/mol. The summed E-state index contributed by atoms with van der Waals surface area (Å²) in [5.41, 5.74) is 2.33. The molecule has 36 heavy (non-hydrogen) atoms. The van der Waals surface area contributed by atoms with E-state index in [-0.39, 0.29) is 25.1 Å². The molecule has 1 amide bonds. The van der Waals surface area contributed by atoms with Gasteiger partial charge < -0.3 is 19.5 Å². The van der Waals surface area contributed by atoms with Crippen LogP contribution in [-0.2, 0) is 11.2 Å². The van der Waals surface area contributed by atoms with Crippen LogP contribution in [0.5, 0.6) is 11.5 Å². The van der Waals surface area contributed by atoms with Crippen LogP contribution < -0.4 is 9.47 Å². The van der Waals surface area contributed by atoms with Crippen molar-refractivity contribution >= 4 is 17.2 Å². The van der Waals surface area contributed by atoms with Gasteiger partial charge in [0.25, 0.3) is 0 Å². The van der Waals surface area contributed by atoms with Gasteiger partial charge in [-0.2, -0.15) is 0 Å². The molecular formula is C29H36N2O4S. The lowest BCUT2D eigenvalue weighted by molar-refractivity contribution is -0.136. The Morgan fingerprint density at radius 3 is 2.72 bits per heavy atom. The molecule has 1 aliphatic rings. The van der Waals surface area contributed by atoms with Gasteiger partial charge in [0.1, 0.15) is 30.8 Å². The average Bonchev–Trinajstić information content (AvgIpc) is 3.36. The van der Waals surface area contributed by atoms with Crippen LogP contribution in [0, 0.1) is 6.92 Å². The van der Waals surface area contributed by atoms with Crippen LogP contribution in [0.3, 0.4) is 0 Å². The lowest BCUT2D eigenvalue weighted by Crippen LogP contribution is -2.48. The lowest BCUT2D eigenvalue weighted by Gasteiger charge is -2.37. The summed E-state index contributed by atoms with van der Waals surface area (Å²) in [6.07, 6.45) is 1.07. The largest absolute Gasteiger partial charge is 0.491 e. The Hall–Kier alpha value is -2.87. The zero-order valence-electron chi connectivity index (χ0n) is 21.1. The number of aryl methyl sites for hydroxylation is 1. The summed E-state index contributed by atoms with van der Waals surface area (Å²) in [7, 11) is 0. The molecule has 0 spiro atoms. The van der Waals surface area contributed by atoms with Gasteiger partial charge in [0.15, 0.2) is 0 Å². The number of hydrogen-bond donors (Lipinski definition) is 1. The number of hydrogen-bond acceptors (Lipinski definition) is 6. The zero-order valence-corrected chi connectivity index (χ0v) is 22.0. The molecule has 0 saturated carbocycles. The molecule has 2 aromatic carbocycles. The minimum absolute atomic E-state index is 0.0642. The van der Waals surface area contributed by atoms with Crippen LogP contribution in [0.4, 0.5) is 0 Å². The summed E-state index contributed by atoms with van der Waals surface area (Å²) >= 11 is 1.75. The fourth-order valence-electron chi connectivity index (χ4n) is 4.65. The minimum Gasteiger partial charge on any atom is -0.491 e. The van der Waals surface area contributed by atoms with Crippen LogP contribution in [0.2, 0.25) is 0 Å². The highest BCUT2D eigenvalue weighted by Crippen LogP contribution is 2.34. The maximum absolute atomic E-state index is 13.6. The molecule has 0 fully saturated rings. The highest BCUT2D eigenvalue weighted by atomic mass is 32.1. The van der Waals surface area contributed by atoms with Gasteiger partial charge in [-0.05, 0) is 73.1 Å². The molecule has 1 aliphatic heterocycles. The van der Waals surface area contributed by atoms with Gasteiger partial charge in [0, 0.05) is 18.0 Å². The molecule has 0 bridgehead atoms. The van der Waals surface area contributed by atoms with Crippen LogP contribution in [0.25, 0.3) is 0 Å². The maximum atomic E-state index is 13.6. The van der Waals surface area contributed by atoms with E-state index in [2.05, 4.69) is 18.4 Å². The number of ether oxygens (including phenoxy) is 2. The first-order chi connectivity index (χ1) is 17.5. The summed E-state index contributed by atoms with van der Waals surface area (Å²) in [6.45, 7) is 6.78. The maximum Gasteiger partial charge on any atom is 0.237 e. The minimum atomic E-state index is -0.685. The Morgan fingerprint density at radius 2 is 1.94 bits per heavy atom. The van der Waals surface area contributed by atoms with Crippen molar-refractivity contribution in [2.75, 3.05) is 39.4 Å². The van der Waals surface area contributed by atoms with Crippen LogP contribution in [0.1, 0.15) is 35.4 Å². The summed E-state index contributed by atoms with van der Waals surface area (Å²) in [5.74, 6) is 1.61. The highest BCUT2D eigenvalue weighted by Gasteiger charge is 2.33. The highest BCUT2D eigenvalue weighted by molar-refractivity contribution is 7.10. The summed E-state index contributed by atoms with van der Waals surface area (Å²) < 4.78 is 11.9. The predicted molar refractivity (Wildman–Crippen MR) is 144 cm³/mol. The second-order valence-electron chi connectivity index (χ2n) is 9.29. The van der Waals surface area contributed by atoms with Crippen molar-refractivity contribution in [3.63, 3.8) is 0 Å². The van der Waals surface area contributed by atoms with E-state index in [9.17, 15) is 9.90 Å². The third-order valence-corrected chi connectivity index (χ3v) is 7.36. The first-order valence-electron chi connectivity index (χ1n) is 12.7. The smallest absolute Gasteiger partial charge is 0.237 e. The number of aliphatic hydroxyl groups excluding tert-OH is 1. The van der Waals surface area contributed by atoms with Gasteiger partial charge in [0.2, 0.25) is 5.91 Å². The molecule has 2 heterocycles. The summed E-state index contributed by atoms with van der Waals surface area (Å²) in [4.78, 5) is 18.9. The van der Waals surface area contributed by atoms with Gasteiger partial charge in [-0.1, -0.05) is 37.3 Å². The third-order valence-electron chi connectivity index (χ3n) is 6.37. The fraction of sp³-hybridized carbons (Fsp3) is 0.414. The van der Waals surface area contributed by atoms with E-state index >= 15 is 0 Å². The van der Waals surface area contributed by atoms with Gasteiger partial charge >= 0.3 is 0 Å². The van der Waals surface area contributed by atoms with E-state index in [0.29, 0.717) is 19.7 Å². The van der Waals surface area contributed by atoms with Crippen molar-refractivity contribution in [2.24, 2.45) is 0 Å². The van der Waals surface area contributed by atoms with Crippen LogP contribution in [0.15, 0.2) is 66.0 Å². The Morgan fingerprint density at radius 1 is 1.14 bits per heavy atom. The van der Waals surface area contributed by atoms with Crippen LogP contribution >= 0.6 is 11.3 Å². The number of fused-ring (bicyclic) bond motifs is 1. The molecule has 7 heteroatoms. The standard InChI is InChI=1S/C29H36N2O4S/c1-3-14-30(18-23(32)20-34-24-9-5-4-6-10-24)19-29(33)31-15-12-28-26(13-16-36-28)27(31)21-35-25-11-7-8-22(2)17-25/h4-11,13,16-17,23,27,32H,3,12,14-15,18-21H2,1-2H3/t23-,27+/m0/s1. The first-order valence-corrected chi connectivity index (χ1v) is 13.5. The molecule has 192 valence electrons. The molecule has 6 nitrogen and oxygen atoms in total. The van der Waals surface area contributed by atoms with E-state index < -0.39 is 6.10 Å². The number of aliphatic hydroxyl groups is 1. The van der Waals surface area contributed by atoms with Crippen LogP contribution in [-0.4, -0.2) is 66.3 Å². The predicted octanol–water partition coefficient (Wildman–Crippen LogP) is 4.71. The molecule has 2 atom stereocenters. The Labute approximate surface area is 218 Å². The van der Waals surface area contributed by atoms with Crippen molar-refractivity contribution in [2.45, 2.75) is 38.8 Å². The van der Waals surface area contributed by atoms with Gasteiger partial charge in [-0.25, -0.2) is 0 Å². The molecule has 0 unspecified atom stereocenters. The molecule has 1 N–H and O–H groups in total. The number of amides is 1. The molecule has 0 saturated heterocycles. The SMILES string of the molecule is CCCN(CC(=O)N1CCc2sccc2[C@H]1COc1cccc(C)c1)C[C@H](O)COc1ccccc1. The molecule has 4 rings (SSSR count). The van der Waals surface area contributed by atoms with Gasteiger partial charge in [-0.3, -0.25) is 9.69 Å². The Bertz CT molecular complexity index is 1100. The molecule has 3 aromatic rings. The quantitative estimate of drug-likeness (QED) is 0.384. The number of carbonyl (C=O) groups is 1. The van der Waals surface area contributed by atoms with E-state index in [0.717, 1.165) is 36.4 Å². The van der Waals surface area contributed by atoms with Crippen molar-refractivity contribution in [3.8, 4) is 11.5 Å². The van der Waals surface area contributed by atoms with E-state index in [1.54, 1.807) is 11.3 Å². The van der Waals surface area contributed by atoms with E-state index in [1.165, 1.54) is 10.4 Å². The second-order valence-corrected chi connectivity index (χ2v) is 10.3. The van der Waals surface area contributed by atoms with Gasteiger partial charge in [-0.15, -0.1) is 11.3 Å². The molecule has 0 radical (unpaired) electrons. The topological polar surface area (TPSA) is 62.2 Å². The van der Waals surface area contributed by atoms with Crippen molar-refractivity contribution in [1.82, 2.24) is 9.80 Å². The summed E-state index contributed by atoms with van der Waals surface area (Å²) in [5, 5.41) is 12.7. The number of para-hydroxylation sites is 1. The summed E-state index contributed by atoms with van der Waals surface area (Å²) in [6, 6.07) is 19.5. The second kappa shape index (κ2) is 12.9. The van der Waals surface area contributed by atoms with Crippen molar-refractivity contribution < 1.29 is 19.4 Å². The number of nitrogens with zero attached hydrogens (tertiary/aromatic N) is 2. The average molecular weight is 509 g/mol. The van der Waals surface area contributed by atoms with Crippen molar-refractivity contribution in [1.29, 1.82) is 0 Å². The Kier molecular flexibility index (Phi) is 9.39. The number of benzene rings is 2. The number of thiophene rings is 1. The monoisotopic (exact) mass is 508 g/mol. The first kappa shape index (κ1) is 26.2. The Balaban J connectivity index is 1.39. The molecule has 0 aliphatic carbocycles. The number of rotatable bonds is 12. The molecule has 1 aromatic heterocycles. The lowest BCUT2D eigenvalue weighted by atomic mass is 10.0. The third kappa shape index (κ3) is 7.09. The normalized spacial score (nSPS) is 16.0.